The van der Waals surface area contributed by atoms with E-state index in [1.54, 1.807) is 6.07 Å². The molecule has 0 bridgehead atoms. The smallest absolute Gasteiger partial charge is 0.258 e. The summed E-state index contributed by atoms with van der Waals surface area (Å²) >= 11 is 0. The van der Waals surface area contributed by atoms with Crippen LogP contribution in [0.4, 0.5) is 11.4 Å². The molecule has 110 valence electrons. The van der Waals surface area contributed by atoms with E-state index in [0.29, 0.717) is 17.3 Å². The molecule has 0 unspecified atom stereocenters. The third-order valence-electron chi connectivity index (χ3n) is 4.03. The van der Waals surface area contributed by atoms with Crippen LogP contribution in [0, 0.1) is 0 Å². The zero-order valence-corrected chi connectivity index (χ0v) is 12.1. The molecule has 0 radical (unpaired) electrons. The fourth-order valence-corrected chi connectivity index (χ4v) is 2.77. The van der Waals surface area contributed by atoms with Crippen molar-refractivity contribution in [2.24, 2.45) is 0 Å². The van der Waals surface area contributed by atoms with Gasteiger partial charge in [0.15, 0.2) is 0 Å². The molecule has 0 aromatic heterocycles. The molecule has 1 heterocycles. The van der Waals surface area contributed by atoms with Crippen LogP contribution in [0.1, 0.15) is 24.0 Å². The van der Waals surface area contributed by atoms with E-state index in [9.17, 15) is 4.79 Å². The summed E-state index contributed by atoms with van der Waals surface area (Å²) in [7, 11) is 0. The van der Waals surface area contributed by atoms with Crippen molar-refractivity contribution in [3.05, 3.63) is 59.7 Å². The quantitative estimate of drug-likeness (QED) is 0.602. The van der Waals surface area contributed by atoms with Crippen molar-refractivity contribution in [2.75, 3.05) is 11.1 Å². The number of hydrogen-bond donors (Lipinski definition) is 3. The number of nitrogens with two attached hydrogens (primary N) is 1. The highest BCUT2D eigenvalue weighted by molar-refractivity contribution is 6.36. The predicted molar refractivity (Wildman–Crippen MR) is 88.9 cm³/mol. The van der Waals surface area contributed by atoms with Gasteiger partial charge >= 0.3 is 0 Å². The number of nitrogens with one attached hydrogen (secondary N) is 2. The molecule has 4 rings (SSSR count). The van der Waals surface area contributed by atoms with Gasteiger partial charge in [0.05, 0.1) is 11.3 Å². The number of benzene rings is 2. The van der Waals surface area contributed by atoms with Crippen LogP contribution in [0.5, 0.6) is 0 Å². The van der Waals surface area contributed by atoms with Crippen molar-refractivity contribution in [1.82, 2.24) is 5.32 Å². The Morgan fingerprint density at radius 3 is 2.64 bits per heavy atom. The van der Waals surface area contributed by atoms with Crippen molar-refractivity contribution < 1.29 is 4.79 Å². The van der Waals surface area contributed by atoms with Gasteiger partial charge in [-0.25, -0.2) is 0 Å². The van der Waals surface area contributed by atoms with Crippen molar-refractivity contribution in [3.8, 4) is 0 Å². The van der Waals surface area contributed by atoms with E-state index in [4.69, 9.17) is 5.73 Å². The van der Waals surface area contributed by atoms with E-state index in [2.05, 4.69) is 10.6 Å². The normalized spacial score (nSPS) is 18.6. The molecule has 1 amide bonds. The SMILES string of the molecule is Nc1ccc2c(c1)/C(=C(/NC1CC1)c1ccccc1)C(=O)N2. The highest BCUT2D eigenvalue weighted by Crippen LogP contribution is 2.38. The molecule has 4 heteroatoms. The first-order chi connectivity index (χ1) is 10.7. The molecule has 0 atom stereocenters. The Hall–Kier alpha value is -2.75. The lowest BCUT2D eigenvalue weighted by molar-refractivity contribution is -0.110. The monoisotopic (exact) mass is 291 g/mol. The number of rotatable bonds is 3. The van der Waals surface area contributed by atoms with E-state index < -0.39 is 0 Å². The second-order valence-electron chi connectivity index (χ2n) is 5.79. The van der Waals surface area contributed by atoms with Gasteiger partial charge in [-0.3, -0.25) is 4.79 Å². The lowest BCUT2D eigenvalue weighted by Crippen LogP contribution is -2.18. The molecule has 1 fully saturated rings. The number of hydrogen-bond acceptors (Lipinski definition) is 3. The van der Waals surface area contributed by atoms with E-state index in [1.807, 2.05) is 42.5 Å². The third kappa shape index (κ3) is 2.22. The van der Waals surface area contributed by atoms with Gasteiger partial charge in [0, 0.05) is 23.0 Å². The number of carbonyl (C=O) groups excluding carboxylic acids is 1. The topological polar surface area (TPSA) is 67.1 Å². The fourth-order valence-electron chi connectivity index (χ4n) is 2.77. The van der Waals surface area contributed by atoms with Gasteiger partial charge in [-0.1, -0.05) is 30.3 Å². The van der Waals surface area contributed by atoms with Crippen molar-refractivity contribution in [3.63, 3.8) is 0 Å². The minimum atomic E-state index is -0.0763. The van der Waals surface area contributed by atoms with Crippen LogP contribution in [-0.4, -0.2) is 11.9 Å². The zero-order chi connectivity index (χ0) is 15.1. The lowest BCUT2D eigenvalue weighted by Gasteiger charge is -2.14. The molecule has 1 aliphatic carbocycles. The predicted octanol–water partition coefficient (Wildman–Crippen LogP) is 2.84. The number of fused-ring (bicyclic) bond motifs is 1. The van der Waals surface area contributed by atoms with Gasteiger partial charge in [0.2, 0.25) is 0 Å². The molecule has 0 spiro atoms. The summed E-state index contributed by atoms with van der Waals surface area (Å²) in [6, 6.07) is 16.0. The number of carbonyl (C=O) groups is 1. The molecule has 1 aliphatic heterocycles. The summed E-state index contributed by atoms with van der Waals surface area (Å²) in [4.78, 5) is 12.5. The van der Waals surface area contributed by atoms with Crippen molar-refractivity contribution in [1.29, 1.82) is 0 Å². The first kappa shape index (κ1) is 13.0. The molecular weight excluding hydrogens is 274 g/mol. The minimum absolute atomic E-state index is 0.0763. The van der Waals surface area contributed by atoms with E-state index in [-0.39, 0.29) is 5.91 Å². The highest BCUT2D eigenvalue weighted by Gasteiger charge is 2.31. The second-order valence-corrected chi connectivity index (χ2v) is 5.79. The van der Waals surface area contributed by atoms with E-state index in [0.717, 1.165) is 35.4 Å². The Morgan fingerprint density at radius 2 is 1.91 bits per heavy atom. The number of anilines is 2. The average molecular weight is 291 g/mol. The third-order valence-corrected chi connectivity index (χ3v) is 4.03. The summed E-state index contributed by atoms with van der Waals surface area (Å²) < 4.78 is 0. The summed E-state index contributed by atoms with van der Waals surface area (Å²) in [5.41, 5.74) is 10.9. The average Bonchev–Trinajstić information content (AvgIpc) is 3.29. The van der Waals surface area contributed by atoms with Crippen LogP contribution in [-0.2, 0) is 4.79 Å². The van der Waals surface area contributed by atoms with Crippen LogP contribution >= 0.6 is 0 Å². The molecule has 22 heavy (non-hydrogen) atoms. The molecule has 4 nitrogen and oxygen atoms in total. The van der Waals surface area contributed by atoms with Gasteiger partial charge in [-0.2, -0.15) is 0 Å². The zero-order valence-electron chi connectivity index (χ0n) is 12.1. The molecular formula is C18H17N3O. The van der Waals surface area contributed by atoms with E-state index in [1.165, 1.54) is 0 Å². The van der Waals surface area contributed by atoms with E-state index >= 15 is 0 Å². The Kier molecular flexibility index (Phi) is 2.89. The molecule has 2 aromatic carbocycles. The minimum Gasteiger partial charge on any atom is -0.399 e. The highest BCUT2D eigenvalue weighted by atomic mass is 16.2. The lowest BCUT2D eigenvalue weighted by atomic mass is 10.00. The van der Waals surface area contributed by atoms with Gasteiger partial charge in [-0.15, -0.1) is 0 Å². The molecule has 4 N–H and O–H groups in total. The van der Waals surface area contributed by atoms with Gasteiger partial charge < -0.3 is 16.4 Å². The summed E-state index contributed by atoms with van der Waals surface area (Å²) in [6.07, 6.45) is 2.30. The maximum Gasteiger partial charge on any atom is 0.258 e. The van der Waals surface area contributed by atoms with Crippen molar-refractivity contribution in [2.45, 2.75) is 18.9 Å². The van der Waals surface area contributed by atoms with Crippen LogP contribution < -0.4 is 16.4 Å². The maximum atomic E-state index is 12.5. The van der Waals surface area contributed by atoms with Gasteiger partial charge in [0.1, 0.15) is 0 Å². The molecule has 2 aliphatic rings. The Labute approximate surface area is 129 Å². The Morgan fingerprint density at radius 1 is 1.14 bits per heavy atom. The second kappa shape index (κ2) is 4.91. The largest absolute Gasteiger partial charge is 0.399 e. The fraction of sp³-hybridized carbons (Fsp3) is 0.167. The maximum absolute atomic E-state index is 12.5. The molecule has 2 aromatic rings. The van der Waals surface area contributed by atoms with Crippen LogP contribution in [0.2, 0.25) is 0 Å². The Bertz CT molecular complexity index is 776. The summed E-state index contributed by atoms with van der Waals surface area (Å²) in [6.45, 7) is 0. The molecule has 1 saturated carbocycles. The Balaban J connectivity index is 1.91. The number of amides is 1. The number of nitrogen functional groups attached to an aromatic ring is 1. The van der Waals surface area contributed by atoms with Gasteiger partial charge in [0.25, 0.3) is 5.91 Å². The first-order valence-corrected chi connectivity index (χ1v) is 7.50. The standard InChI is InChI=1S/C18H17N3O/c19-12-6-9-15-14(10-12)16(18(22)21-15)17(20-13-7-8-13)11-4-2-1-3-5-11/h1-6,9-10,13,20H,7-8,19H2,(H,21,22)/b17-16-. The van der Waals surface area contributed by atoms with Crippen molar-refractivity contribution >= 4 is 28.6 Å². The first-order valence-electron chi connectivity index (χ1n) is 7.50. The van der Waals surface area contributed by atoms with Gasteiger partial charge in [-0.05, 0) is 36.6 Å². The molecule has 0 saturated heterocycles. The van der Waals surface area contributed by atoms with Crippen LogP contribution in [0.25, 0.3) is 11.3 Å². The van der Waals surface area contributed by atoms with Crippen LogP contribution in [0.3, 0.4) is 0 Å². The summed E-state index contributed by atoms with van der Waals surface area (Å²) in [5.74, 6) is -0.0763. The summed E-state index contributed by atoms with van der Waals surface area (Å²) in [5, 5.41) is 6.44. The van der Waals surface area contributed by atoms with Crippen LogP contribution in [0.15, 0.2) is 48.5 Å².